The molecule has 1 aliphatic heterocycles. The number of nitro groups is 2. The second kappa shape index (κ2) is 6.75. The second-order valence-corrected chi connectivity index (χ2v) is 6.91. The van der Waals surface area contributed by atoms with E-state index in [0.717, 1.165) is 0 Å². The average molecular weight is 357 g/mol. The zero-order valence-corrected chi connectivity index (χ0v) is 14.4. The van der Waals surface area contributed by atoms with E-state index in [1.165, 1.54) is 0 Å². The average Bonchev–Trinajstić information content (AvgIpc) is 2.60. The standard InChI is InChI=1S/C17H19N5O4/c1-17(2)15(21(23)24)13(11-7-3-5-9-18-11)20-14(16(17)22(25)26)12-8-4-6-10-19-12/h3-10,13-16,20H,1-2H3/t13-,14+,15+,16-. The van der Waals surface area contributed by atoms with Crippen LogP contribution in [-0.4, -0.2) is 31.9 Å². The number of piperidine rings is 1. The third-order valence-corrected chi connectivity index (χ3v) is 4.98. The van der Waals surface area contributed by atoms with Crippen molar-refractivity contribution in [3.8, 4) is 0 Å². The summed E-state index contributed by atoms with van der Waals surface area (Å²) in [6.45, 7) is 3.14. The minimum atomic E-state index is -1.23. The third-order valence-electron chi connectivity index (χ3n) is 4.98. The molecule has 9 heteroatoms. The number of nitrogens with zero attached hydrogens (tertiary/aromatic N) is 4. The monoisotopic (exact) mass is 357 g/mol. The van der Waals surface area contributed by atoms with Gasteiger partial charge in [-0.1, -0.05) is 12.1 Å². The Hall–Kier alpha value is -2.94. The Morgan fingerprint density at radius 1 is 0.885 bits per heavy atom. The van der Waals surface area contributed by atoms with Crippen molar-refractivity contribution in [3.63, 3.8) is 0 Å². The molecule has 9 nitrogen and oxygen atoms in total. The lowest BCUT2D eigenvalue weighted by molar-refractivity contribution is -0.605. The van der Waals surface area contributed by atoms with Crippen LogP contribution in [0.25, 0.3) is 0 Å². The van der Waals surface area contributed by atoms with Gasteiger partial charge in [0.2, 0.25) is 12.1 Å². The highest BCUT2D eigenvalue weighted by molar-refractivity contribution is 5.21. The van der Waals surface area contributed by atoms with Crippen LogP contribution in [0.4, 0.5) is 0 Å². The molecular weight excluding hydrogens is 338 g/mol. The highest BCUT2D eigenvalue weighted by Gasteiger charge is 2.63. The van der Waals surface area contributed by atoms with Crippen LogP contribution in [0.5, 0.6) is 0 Å². The van der Waals surface area contributed by atoms with Crippen LogP contribution in [0.3, 0.4) is 0 Å². The lowest BCUT2D eigenvalue weighted by atomic mass is 9.67. The molecule has 0 aliphatic carbocycles. The van der Waals surface area contributed by atoms with E-state index < -0.39 is 39.4 Å². The first-order valence-electron chi connectivity index (χ1n) is 8.19. The Labute approximate surface area is 149 Å². The van der Waals surface area contributed by atoms with Crippen LogP contribution >= 0.6 is 0 Å². The maximum atomic E-state index is 11.9. The van der Waals surface area contributed by atoms with Gasteiger partial charge in [0.25, 0.3) is 0 Å². The van der Waals surface area contributed by atoms with Gasteiger partial charge in [0.1, 0.15) is 17.5 Å². The number of hydrogen-bond acceptors (Lipinski definition) is 7. The zero-order chi connectivity index (χ0) is 18.9. The van der Waals surface area contributed by atoms with Crippen molar-refractivity contribution in [1.82, 2.24) is 15.3 Å². The van der Waals surface area contributed by atoms with E-state index in [9.17, 15) is 20.2 Å². The van der Waals surface area contributed by atoms with Gasteiger partial charge >= 0.3 is 0 Å². The summed E-state index contributed by atoms with van der Waals surface area (Å²) >= 11 is 0. The summed E-state index contributed by atoms with van der Waals surface area (Å²) in [6.07, 6.45) is 3.10. The van der Waals surface area contributed by atoms with Gasteiger partial charge in [-0.2, -0.15) is 0 Å². The Morgan fingerprint density at radius 3 is 1.62 bits per heavy atom. The predicted octanol–water partition coefficient (Wildman–Crippen LogP) is 2.18. The molecule has 3 heterocycles. The summed E-state index contributed by atoms with van der Waals surface area (Å²) in [6, 6.07) is 6.31. The Balaban J connectivity index is 2.14. The van der Waals surface area contributed by atoms with Gasteiger partial charge in [0.05, 0.1) is 11.4 Å². The maximum absolute atomic E-state index is 11.9. The van der Waals surface area contributed by atoms with Gasteiger partial charge in [-0.05, 0) is 38.1 Å². The van der Waals surface area contributed by atoms with E-state index in [2.05, 4.69) is 15.3 Å². The molecule has 0 bridgehead atoms. The first-order valence-corrected chi connectivity index (χ1v) is 8.19. The SMILES string of the molecule is CC1(C)[C@@H]([N+](=O)[O-])[C@@H](c2ccccn2)N[C@@H](c2ccccn2)[C@H]1[N+](=O)[O-]. The molecule has 1 saturated heterocycles. The molecule has 3 rings (SSSR count). The summed E-state index contributed by atoms with van der Waals surface area (Å²) in [7, 11) is 0. The Morgan fingerprint density at radius 2 is 1.31 bits per heavy atom. The van der Waals surface area contributed by atoms with Crippen LogP contribution in [0, 0.1) is 25.6 Å². The normalized spacial score (nSPS) is 27.6. The van der Waals surface area contributed by atoms with E-state index in [-0.39, 0.29) is 0 Å². The molecule has 0 radical (unpaired) electrons. The van der Waals surface area contributed by atoms with Crippen LogP contribution in [-0.2, 0) is 0 Å². The summed E-state index contributed by atoms with van der Waals surface area (Å²) in [5.74, 6) is 0. The van der Waals surface area contributed by atoms with Crippen LogP contribution in [0.15, 0.2) is 48.8 Å². The van der Waals surface area contributed by atoms with Gasteiger partial charge in [0, 0.05) is 22.2 Å². The van der Waals surface area contributed by atoms with Gasteiger partial charge in [-0.15, -0.1) is 0 Å². The predicted molar refractivity (Wildman–Crippen MR) is 92.4 cm³/mol. The molecule has 1 N–H and O–H groups in total. The minimum absolute atomic E-state index is 0.447. The van der Waals surface area contributed by atoms with Crippen LogP contribution in [0.1, 0.15) is 37.3 Å². The fourth-order valence-electron chi connectivity index (χ4n) is 3.81. The Kier molecular flexibility index (Phi) is 4.64. The lowest BCUT2D eigenvalue weighted by Crippen LogP contribution is -2.63. The first-order chi connectivity index (χ1) is 12.3. The molecule has 0 saturated carbocycles. The van der Waals surface area contributed by atoms with Crippen LogP contribution < -0.4 is 5.32 Å². The second-order valence-electron chi connectivity index (χ2n) is 6.91. The van der Waals surface area contributed by atoms with E-state index in [1.807, 2.05) is 0 Å². The van der Waals surface area contributed by atoms with Crippen molar-refractivity contribution in [2.24, 2.45) is 5.41 Å². The van der Waals surface area contributed by atoms with Gasteiger partial charge in [-0.3, -0.25) is 35.5 Å². The number of nitrogens with one attached hydrogen (secondary N) is 1. The highest BCUT2D eigenvalue weighted by atomic mass is 16.6. The van der Waals surface area contributed by atoms with Crippen molar-refractivity contribution < 1.29 is 9.85 Å². The largest absolute Gasteiger partial charge is 0.289 e. The summed E-state index contributed by atoms with van der Waals surface area (Å²) in [5.41, 5.74) is -0.280. The number of pyridine rings is 2. The van der Waals surface area contributed by atoms with Crippen molar-refractivity contribution in [2.75, 3.05) is 0 Å². The molecule has 2 aromatic rings. The highest BCUT2D eigenvalue weighted by Crippen LogP contribution is 2.46. The zero-order valence-electron chi connectivity index (χ0n) is 14.4. The molecule has 26 heavy (non-hydrogen) atoms. The minimum Gasteiger partial charge on any atom is -0.289 e. The maximum Gasteiger partial charge on any atom is 0.245 e. The van der Waals surface area contributed by atoms with Crippen molar-refractivity contribution in [2.45, 2.75) is 38.0 Å². The summed E-state index contributed by atoms with van der Waals surface area (Å²) in [5, 5.41) is 26.8. The quantitative estimate of drug-likeness (QED) is 0.657. The molecular formula is C17H19N5O4. The van der Waals surface area contributed by atoms with Crippen molar-refractivity contribution in [1.29, 1.82) is 0 Å². The third kappa shape index (κ3) is 3.01. The summed E-state index contributed by atoms with van der Waals surface area (Å²) < 4.78 is 0. The fraction of sp³-hybridized carbons (Fsp3) is 0.412. The van der Waals surface area contributed by atoms with E-state index in [0.29, 0.717) is 11.4 Å². The van der Waals surface area contributed by atoms with E-state index >= 15 is 0 Å². The lowest BCUT2D eigenvalue weighted by Gasteiger charge is -2.43. The molecule has 1 fully saturated rings. The van der Waals surface area contributed by atoms with Gasteiger partial charge in [-0.25, -0.2) is 0 Å². The van der Waals surface area contributed by atoms with Gasteiger partial charge < -0.3 is 0 Å². The molecule has 2 aromatic heterocycles. The first kappa shape index (κ1) is 17.9. The Bertz CT molecular complexity index is 734. The molecule has 1 aliphatic rings. The number of rotatable bonds is 4. The molecule has 0 unspecified atom stereocenters. The molecule has 0 aromatic carbocycles. The smallest absolute Gasteiger partial charge is 0.245 e. The molecule has 136 valence electrons. The molecule has 0 spiro atoms. The summed E-state index contributed by atoms with van der Waals surface area (Å²) in [4.78, 5) is 31.3. The van der Waals surface area contributed by atoms with Gasteiger partial charge in [0.15, 0.2) is 0 Å². The number of aromatic nitrogens is 2. The fourth-order valence-corrected chi connectivity index (χ4v) is 3.81. The molecule has 0 amide bonds. The van der Waals surface area contributed by atoms with E-state index in [1.54, 1.807) is 62.6 Å². The van der Waals surface area contributed by atoms with Crippen molar-refractivity contribution in [3.05, 3.63) is 80.4 Å². The molecule has 4 atom stereocenters. The number of hydrogen-bond donors (Lipinski definition) is 1. The van der Waals surface area contributed by atoms with Crippen LogP contribution in [0.2, 0.25) is 0 Å². The van der Waals surface area contributed by atoms with Crippen molar-refractivity contribution >= 4 is 0 Å². The van der Waals surface area contributed by atoms with E-state index in [4.69, 9.17) is 0 Å². The topological polar surface area (TPSA) is 124 Å².